The Kier molecular flexibility index (Phi) is 4.35. The Morgan fingerprint density at radius 3 is 2.55 bits per heavy atom. The van der Waals surface area contributed by atoms with Crippen LogP contribution in [0, 0.1) is 0 Å². The summed E-state index contributed by atoms with van der Waals surface area (Å²) >= 11 is 1.56. The maximum absolute atomic E-state index is 12.9. The number of alkyl halides is 3. The SMILES string of the molecule is CN(Cc1cccs1)c1ccc(CO)c(C(F)(F)F)c1. The molecule has 0 atom stereocenters. The lowest BCUT2D eigenvalue weighted by Gasteiger charge is -2.21. The molecule has 0 aliphatic carbocycles. The maximum Gasteiger partial charge on any atom is 0.416 e. The summed E-state index contributed by atoms with van der Waals surface area (Å²) in [7, 11) is 1.74. The van der Waals surface area contributed by atoms with Crippen molar-refractivity contribution in [3.05, 3.63) is 51.7 Å². The molecule has 0 aliphatic heterocycles. The van der Waals surface area contributed by atoms with Crippen molar-refractivity contribution >= 4 is 17.0 Å². The molecule has 0 saturated carbocycles. The number of halogens is 3. The van der Waals surface area contributed by atoms with Crippen LogP contribution in [0.3, 0.4) is 0 Å². The molecule has 2 nitrogen and oxygen atoms in total. The molecule has 0 spiro atoms. The average Bonchev–Trinajstić information content (AvgIpc) is 2.89. The number of aliphatic hydroxyl groups excluding tert-OH is 1. The molecule has 20 heavy (non-hydrogen) atoms. The van der Waals surface area contributed by atoms with Gasteiger partial charge in [0.05, 0.1) is 18.7 Å². The van der Waals surface area contributed by atoms with E-state index < -0.39 is 18.3 Å². The van der Waals surface area contributed by atoms with E-state index in [-0.39, 0.29) is 5.56 Å². The highest BCUT2D eigenvalue weighted by Crippen LogP contribution is 2.34. The van der Waals surface area contributed by atoms with E-state index in [1.165, 1.54) is 6.07 Å². The number of hydrogen-bond donors (Lipinski definition) is 1. The highest BCUT2D eigenvalue weighted by Gasteiger charge is 2.33. The second-order valence-corrected chi connectivity index (χ2v) is 5.46. The van der Waals surface area contributed by atoms with Crippen molar-refractivity contribution in [1.82, 2.24) is 0 Å². The van der Waals surface area contributed by atoms with Gasteiger partial charge in [-0.25, -0.2) is 0 Å². The second kappa shape index (κ2) is 5.85. The molecule has 0 radical (unpaired) electrons. The van der Waals surface area contributed by atoms with E-state index in [4.69, 9.17) is 5.11 Å². The zero-order chi connectivity index (χ0) is 14.8. The van der Waals surface area contributed by atoms with Gasteiger partial charge in [-0.1, -0.05) is 12.1 Å². The third-order valence-corrected chi connectivity index (χ3v) is 3.84. The van der Waals surface area contributed by atoms with Gasteiger partial charge in [-0.15, -0.1) is 11.3 Å². The summed E-state index contributed by atoms with van der Waals surface area (Å²) in [6.45, 7) is -0.0722. The number of rotatable bonds is 4. The highest BCUT2D eigenvalue weighted by molar-refractivity contribution is 7.09. The van der Waals surface area contributed by atoms with Crippen LogP contribution in [0.25, 0.3) is 0 Å². The van der Waals surface area contributed by atoms with Crippen LogP contribution in [0.15, 0.2) is 35.7 Å². The van der Waals surface area contributed by atoms with Crippen molar-refractivity contribution in [1.29, 1.82) is 0 Å². The molecule has 1 aromatic heterocycles. The van der Waals surface area contributed by atoms with Crippen LogP contribution in [-0.4, -0.2) is 12.2 Å². The number of aliphatic hydroxyl groups is 1. The van der Waals surface area contributed by atoms with Crippen molar-refractivity contribution in [2.24, 2.45) is 0 Å². The summed E-state index contributed by atoms with van der Waals surface area (Å²) in [6.07, 6.45) is -4.46. The van der Waals surface area contributed by atoms with E-state index in [2.05, 4.69) is 0 Å². The third-order valence-electron chi connectivity index (χ3n) is 2.98. The minimum atomic E-state index is -4.46. The monoisotopic (exact) mass is 301 g/mol. The Bertz CT molecular complexity index is 566. The van der Waals surface area contributed by atoms with Gasteiger partial charge in [0.15, 0.2) is 0 Å². The molecular formula is C14H14F3NOS. The zero-order valence-corrected chi connectivity index (χ0v) is 11.6. The predicted molar refractivity (Wildman–Crippen MR) is 73.8 cm³/mol. The summed E-state index contributed by atoms with van der Waals surface area (Å²) in [5, 5.41) is 10.9. The summed E-state index contributed by atoms with van der Waals surface area (Å²) in [4.78, 5) is 2.83. The van der Waals surface area contributed by atoms with Gasteiger partial charge in [0, 0.05) is 17.6 Å². The smallest absolute Gasteiger partial charge is 0.392 e. The summed E-state index contributed by atoms with van der Waals surface area (Å²) in [6, 6.07) is 7.84. The summed E-state index contributed by atoms with van der Waals surface area (Å²) in [5.74, 6) is 0. The molecule has 1 heterocycles. The molecule has 0 amide bonds. The topological polar surface area (TPSA) is 23.5 Å². The van der Waals surface area contributed by atoms with E-state index in [1.54, 1.807) is 29.4 Å². The molecule has 0 aliphatic rings. The van der Waals surface area contributed by atoms with E-state index in [1.807, 2.05) is 17.5 Å². The van der Waals surface area contributed by atoms with Gasteiger partial charge in [-0.2, -0.15) is 13.2 Å². The summed E-state index contributed by atoms with van der Waals surface area (Å²) in [5.41, 5.74) is -0.413. The van der Waals surface area contributed by atoms with Crippen molar-refractivity contribution in [3.8, 4) is 0 Å². The standard InChI is InChI=1S/C14H14F3NOS/c1-18(8-12-3-2-6-20-12)11-5-4-10(9-19)13(7-11)14(15,16)17/h2-7,19H,8-9H2,1H3. The first-order valence-corrected chi connectivity index (χ1v) is 6.84. The van der Waals surface area contributed by atoms with Crippen LogP contribution >= 0.6 is 11.3 Å². The van der Waals surface area contributed by atoms with Crippen LogP contribution in [0.2, 0.25) is 0 Å². The molecule has 0 saturated heterocycles. The second-order valence-electron chi connectivity index (χ2n) is 4.43. The van der Waals surface area contributed by atoms with Crippen molar-refractivity contribution in [2.75, 3.05) is 11.9 Å². The van der Waals surface area contributed by atoms with Crippen LogP contribution in [0.1, 0.15) is 16.0 Å². The predicted octanol–water partition coefficient (Wildman–Crippen LogP) is 3.90. The average molecular weight is 301 g/mol. The van der Waals surface area contributed by atoms with Gasteiger partial charge >= 0.3 is 6.18 Å². The Labute approximate surface area is 119 Å². The fraction of sp³-hybridized carbons (Fsp3) is 0.286. The third kappa shape index (κ3) is 3.32. The van der Waals surface area contributed by atoms with E-state index >= 15 is 0 Å². The normalized spacial score (nSPS) is 11.7. The molecule has 1 N–H and O–H groups in total. The molecule has 2 aromatic rings. The Hall–Kier alpha value is -1.53. The molecule has 6 heteroatoms. The lowest BCUT2D eigenvalue weighted by Crippen LogP contribution is -2.17. The van der Waals surface area contributed by atoms with Crippen LogP contribution in [-0.2, 0) is 19.3 Å². The minimum Gasteiger partial charge on any atom is -0.392 e. The molecule has 0 unspecified atom stereocenters. The molecule has 108 valence electrons. The number of nitrogens with zero attached hydrogens (tertiary/aromatic N) is 1. The zero-order valence-electron chi connectivity index (χ0n) is 10.8. The molecule has 0 fully saturated rings. The Morgan fingerprint density at radius 2 is 2.00 bits per heavy atom. The number of benzene rings is 1. The Morgan fingerprint density at radius 1 is 1.25 bits per heavy atom. The summed E-state index contributed by atoms with van der Waals surface area (Å²) < 4.78 is 38.8. The van der Waals surface area contributed by atoms with Crippen LogP contribution in [0.4, 0.5) is 18.9 Å². The number of hydrogen-bond acceptors (Lipinski definition) is 3. The van der Waals surface area contributed by atoms with Gasteiger partial charge in [-0.05, 0) is 29.1 Å². The lowest BCUT2D eigenvalue weighted by atomic mass is 10.1. The van der Waals surface area contributed by atoms with Crippen molar-refractivity contribution in [3.63, 3.8) is 0 Å². The number of anilines is 1. The van der Waals surface area contributed by atoms with Crippen LogP contribution < -0.4 is 4.90 Å². The van der Waals surface area contributed by atoms with E-state index in [0.29, 0.717) is 12.2 Å². The van der Waals surface area contributed by atoms with E-state index in [9.17, 15) is 13.2 Å². The largest absolute Gasteiger partial charge is 0.416 e. The maximum atomic E-state index is 12.9. The highest BCUT2D eigenvalue weighted by atomic mass is 32.1. The molecular weight excluding hydrogens is 287 g/mol. The van der Waals surface area contributed by atoms with Gasteiger partial charge in [0.2, 0.25) is 0 Å². The fourth-order valence-electron chi connectivity index (χ4n) is 1.93. The van der Waals surface area contributed by atoms with Gasteiger partial charge < -0.3 is 10.0 Å². The van der Waals surface area contributed by atoms with E-state index in [0.717, 1.165) is 10.9 Å². The van der Waals surface area contributed by atoms with Gasteiger partial charge in [0.25, 0.3) is 0 Å². The first-order chi connectivity index (χ1) is 9.41. The van der Waals surface area contributed by atoms with Gasteiger partial charge in [0.1, 0.15) is 0 Å². The van der Waals surface area contributed by atoms with Crippen LogP contribution in [0.5, 0.6) is 0 Å². The number of thiophene rings is 1. The first kappa shape index (κ1) is 14.9. The fourth-order valence-corrected chi connectivity index (χ4v) is 2.69. The molecule has 2 rings (SSSR count). The Balaban J connectivity index is 2.28. The minimum absolute atomic E-state index is 0.106. The quantitative estimate of drug-likeness (QED) is 0.926. The van der Waals surface area contributed by atoms with Gasteiger partial charge in [-0.3, -0.25) is 0 Å². The van der Waals surface area contributed by atoms with Crippen molar-refractivity contribution < 1.29 is 18.3 Å². The molecule has 0 bridgehead atoms. The first-order valence-electron chi connectivity index (χ1n) is 5.96. The lowest BCUT2D eigenvalue weighted by molar-refractivity contribution is -0.138. The molecule has 1 aromatic carbocycles. The van der Waals surface area contributed by atoms with Crippen molar-refractivity contribution in [2.45, 2.75) is 19.3 Å².